The quantitative estimate of drug-likeness (QED) is 0.596. The fraction of sp³-hybridized carbons (Fsp3) is 0.389. The molecule has 1 aliphatic rings. The van der Waals surface area contributed by atoms with Gasteiger partial charge in [-0.3, -0.25) is 4.79 Å². The van der Waals surface area contributed by atoms with Gasteiger partial charge in [0.1, 0.15) is 0 Å². The van der Waals surface area contributed by atoms with Crippen LogP contribution in [-0.2, 0) is 4.79 Å². The first kappa shape index (κ1) is 14.6. The van der Waals surface area contributed by atoms with E-state index in [0.717, 1.165) is 18.4 Å². The molecular formula is C18H23NO. The molecule has 1 aromatic rings. The minimum Gasteiger partial charge on any atom is -0.330 e. The third kappa shape index (κ3) is 3.83. The van der Waals surface area contributed by atoms with Crippen LogP contribution in [0.15, 0.2) is 48.6 Å². The summed E-state index contributed by atoms with van der Waals surface area (Å²) in [7, 11) is 0. The van der Waals surface area contributed by atoms with E-state index in [2.05, 4.69) is 26.0 Å². The van der Waals surface area contributed by atoms with E-state index in [1.54, 1.807) is 6.08 Å². The molecule has 2 nitrogen and oxygen atoms in total. The summed E-state index contributed by atoms with van der Waals surface area (Å²) in [5, 5.41) is 0. The first-order valence-electron chi connectivity index (χ1n) is 7.40. The van der Waals surface area contributed by atoms with Crippen LogP contribution in [0.2, 0.25) is 0 Å². The van der Waals surface area contributed by atoms with E-state index in [0.29, 0.717) is 0 Å². The van der Waals surface area contributed by atoms with Crippen molar-refractivity contribution in [1.29, 1.82) is 0 Å². The summed E-state index contributed by atoms with van der Waals surface area (Å²) in [4.78, 5) is 14.4. The third-order valence-electron chi connectivity index (χ3n) is 3.61. The summed E-state index contributed by atoms with van der Waals surface area (Å²) in [6, 6.07) is 10.4. The Labute approximate surface area is 121 Å². The lowest BCUT2D eigenvalue weighted by Gasteiger charge is -2.34. The molecular weight excluding hydrogens is 246 g/mol. The normalized spacial score (nSPS) is 18.6. The molecule has 0 radical (unpaired) electrons. The summed E-state index contributed by atoms with van der Waals surface area (Å²) in [5.41, 5.74) is 1.06. The maximum absolute atomic E-state index is 12.5. The molecule has 0 saturated heterocycles. The molecule has 0 saturated carbocycles. The Kier molecular flexibility index (Phi) is 5.16. The number of carbonyl (C=O) groups excluding carboxylic acids is 1. The Morgan fingerprint density at radius 3 is 2.65 bits per heavy atom. The van der Waals surface area contributed by atoms with Crippen LogP contribution in [0.3, 0.4) is 0 Å². The standard InChI is InChI=1S/C18H23NO/c1-15(2)19(17-11-7-4-8-12-17)18(20)14-13-16-9-5-3-6-10-16/h3,5-7,9-11,13-15,17H,4,8,12H2,1-2H3/b14-13+. The lowest BCUT2D eigenvalue weighted by atomic mass is 10.00. The van der Waals surface area contributed by atoms with E-state index < -0.39 is 0 Å². The highest BCUT2D eigenvalue weighted by Gasteiger charge is 2.23. The van der Waals surface area contributed by atoms with Crippen molar-refractivity contribution in [2.75, 3.05) is 0 Å². The van der Waals surface area contributed by atoms with Crippen molar-refractivity contribution >= 4 is 12.0 Å². The number of nitrogens with zero attached hydrogens (tertiary/aromatic N) is 1. The van der Waals surface area contributed by atoms with Gasteiger partial charge >= 0.3 is 0 Å². The van der Waals surface area contributed by atoms with E-state index in [4.69, 9.17) is 0 Å². The van der Waals surface area contributed by atoms with Crippen molar-refractivity contribution in [3.05, 3.63) is 54.1 Å². The van der Waals surface area contributed by atoms with Crippen LogP contribution < -0.4 is 0 Å². The highest BCUT2D eigenvalue weighted by atomic mass is 16.2. The maximum atomic E-state index is 12.5. The number of benzene rings is 1. The second kappa shape index (κ2) is 7.09. The van der Waals surface area contributed by atoms with Gasteiger partial charge < -0.3 is 4.90 Å². The van der Waals surface area contributed by atoms with Crippen molar-refractivity contribution in [2.45, 2.75) is 45.2 Å². The number of amides is 1. The molecule has 2 heteroatoms. The summed E-state index contributed by atoms with van der Waals surface area (Å²) < 4.78 is 0. The molecule has 1 unspecified atom stereocenters. The Morgan fingerprint density at radius 2 is 2.05 bits per heavy atom. The second-order valence-corrected chi connectivity index (χ2v) is 5.51. The Bertz CT molecular complexity index is 487. The lowest BCUT2D eigenvalue weighted by Crippen LogP contribution is -2.43. The van der Waals surface area contributed by atoms with Crippen molar-refractivity contribution in [1.82, 2.24) is 4.90 Å². The van der Waals surface area contributed by atoms with Crippen molar-refractivity contribution in [3.8, 4) is 0 Å². The molecule has 1 aliphatic carbocycles. The van der Waals surface area contributed by atoms with Gasteiger partial charge in [-0.2, -0.15) is 0 Å². The zero-order valence-corrected chi connectivity index (χ0v) is 12.3. The number of rotatable bonds is 4. The van der Waals surface area contributed by atoms with Gasteiger partial charge in [-0.1, -0.05) is 42.5 Å². The maximum Gasteiger partial charge on any atom is 0.247 e. The predicted octanol–water partition coefficient (Wildman–Crippen LogP) is 4.05. The Hall–Kier alpha value is -1.83. The Balaban J connectivity index is 2.09. The third-order valence-corrected chi connectivity index (χ3v) is 3.61. The zero-order valence-electron chi connectivity index (χ0n) is 12.3. The number of carbonyl (C=O) groups is 1. The molecule has 2 rings (SSSR count). The van der Waals surface area contributed by atoms with E-state index in [1.807, 2.05) is 41.3 Å². The van der Waals surface area contributed by atoms with E-state index in [-0.39, 0.29) is 18.0 Å². The van der Waals surface area contributed by atoms with Crippen LogP contribution in [0, 0.1) is 0 Å². The molecule has 0 aliphatic heterocycles. The molecule has 1 amide bonds. The minimum atomic E-state index is 0.0976. The first-order valence-corrected chi connectivity index (χ1v) is 7.40. The molecule has 0 spiro atoms. The van der Waals surface area contributed by atoms with Crippen LogP contribution >= 0.6 is 0 Å². The fourth-order valence-corrected chi connectivity index (χ4v) is 2.64. The van der Waals surface area contributed by atoms with Crippen LogP contribution in [-0.4, -0.2) is 22.9 Å². The first-order chi connectivity index (χ1) is 9.68. The molecule has 0 fully saturated rings. The minimum absolute atomic E-state index is 0.0976. The van der Waals surface area contributed by atoms with E-state index >= 15 is 0 Å². The molecule has 0 aromatic heterocycles. The fourth-order valence-electron chi connectivity index (χ4n) is 2.64. The molecule has 0 bridgehead atoms. The van der Waals surface area contributed by atoms with Gasteiger partial charge in [0, 0.05) is 12.1 Å². The van der Waals surface area contributed by atoms with Gasteiger partial charge in [-0.15, -0.1) is 0 Å². The van der Waals surface area contributed by atoms with Crippen LogP contribution in [0.4, 0.5) is 0 Å². The van der Waals surface area contributed by atoms with Gasteiger partial charge in [0.25, 0.3) is 0 Å². The summed E-state index contributed by atoms with van der Waals surface area (Å²) in [6.45, 7) is 4.16. The molecule has 1 aromatic carbocycles. The van der Waals surface area contributed by atoms with Crippen molar-refractivity contribution in [2.24, 2.45) is 0 Å². The molecule has 20 heavy (non-hydrogen) atoms. The second-order valence-electron chi connectivity index (χ2n) is 5.51. The molecule has 0 N–H and O–H groups in total. The summed E-state index contributed by atoms with van der Waals surface area (Å²) in [6.07, 6.45) is 11.3. The van der Waals surface area contributed by atoms with Crippen molar-refractivity contribution in [3.63, 3.8) is 0 Å². The molecule has 1 atom stereocenters. The van der Waals surface area contributed by atoms with E-state index in [1.165, 1.54) is 6.42 Å². The highest BCUT2D eigenvalue weighted by Crippen LogP contribution is 2.19. The van der Waals surface area contributed by atoms with Gasteiger partial charge in [0.05, 0.1) is 6.04 Å². The summed E-state index contributed by atoms with van der Waals surface area (Å²) in [5.74, 6) is 0.0976. The smallest absolute Gasteiger partial charge is 0.247 e. The molecule has 106 valence electrons. The van der Waals surface area contributed by atoms with E-state index in [9.17, 15) is 4.79 Å². The van der Waals surface area contributed by atoms with Gasteiger partial charge in [-0.25, -0.2) is 0 Å². The lowest BCUT2D eigenvalue weighted by molar-refractivity contribution is -0.129. The number of allylic oxidation sites excluding steroid dienone is 1. The number of hydrogen-bond acceptors (Lipinski definition) is 1. The highest BCUT2D eigenvalue weighted by molar-refractivity contribution is 5.92. The van der Waals surface area contributed by atoms with Gasteiger partial charge in [0.2, 0.25) is 5.91 Å². The van der Waals surface area contributed by atoms with Crippen LogP contribution in [0.1, 0.15) is 38.7 Å². The Morgan fingerprint density at radius 1 is 1.30 bits per heavy atom. The SMILES string of the molecule is CC(C)N(C(=O)/C=C/c1ccccc1)C1C=CCCC1. The van der Waals surface area contributed by atoms with Crippen molar-refractivity contribution < 1.29 is 4.79 Å². The van der Waals surface area contributed by atoms with Gasteiger partial charge in [-0.05, 0) is 44.7 Å². The van der Waals surface area contributed by atoms with Crippen LogP contribution in [0.25, 0.3) is 6.08 Å². The predicted molar refractivity (Wildman–Crippen MR) is 84.2 cm³/mol. The largest absolute Gasteiger partial charge is 0.330 e. The average molecular weight is 269 g/mol. The number of hydrogen-bond donors (Lipinski definition) is 0. The molecule has 0 heterocycles. The monoisotopic (exact) mass is 269 g/mol. The topological polar surface area (TPSA) is 20.3 Å². The zero-order chi connectivity index (χ0) is 14.4. The van der Waals surface area contributed by atoms with Gasteiger partial charge in [0.15, 0.2) is 0 Å². The van der Waals surface area contributed by atoms with Crippen LogP contribution in [0.5, 0.6) is 0 Å². The average Bonchev–Trinajstić information content (AvgIpc) is 2.47. The summed E-state index contributed by atoms with van der Waals surface area (Å²) >= 11 is 0.